The maximum absolute atomic E-state index is 11.5. The van der Waals surface area contributed by atoms with Crippen LogP contribution in [0.15, 0.2) is 12.2 Å². The number of carbonyl (C=O) groups is 1. The summed E-state index contributed by atoms with van der Waals surface area (Å²) in [4.78, 5) is 11.5. The first kappa shape index (κ1) is 18.4. The zero-order chi connectivity index (χ0) is 17.3. The van der Waals surface area contributed by atoms with Gasteiger partial charge in [0.1, 0.15) is 24.4 Å². The summed E-state index contributed by atoms with van der Waals surface area (Å²) in [6.45, 7) is 9.37. The summed E-state index contributed by atoms with van der Waals surface area (Å²) in [5, 5.41) is 10.6. The van der Waals surface area contributed by atoms with Crippen molar-refractivity contribution in [1.29, 1.82) is 0 Å². The van der Waals surface area contributed by atoms with Crippen LogP contribution in [0.25, 0.3) is 0 Å². The molecule has 0 radical (unpaired) electrons. The predicted octanol–water partition coefficient (Wildman–Crippen LogP) is 1.14. The molecule has 2 aliphatic heterocycles. The number of aliphatic hydroxyl groups excluding tert-OH is 1. The van der Waals surface area contributed by atoms with Gasteiger partial charge in [-0.1, -0.05) is 0 Å². The fourth-order valence-electron chi connectivity index (χ4n) is 2.69. The Labute approximate surface area is 136 Å². The van der Waals surface area contributed by atoms with E-state index in [1.54, 1.807) is 40.7 Å². The molecule has 2 rings (SSSR count). The molecule has 0 saturated carbocycles. The molecule has 23 heavy (non-hydrogen) atoms. The normalized spacial score (nSPS) is 33.9. The molecule has 0 aromatic heterocycles. The van der Waals surface area contributed by atoms with Crippen LogP contribution in [0, 0.1) is 0 Å². The van der Waals surface area contributed by atoms with Gasteiger partial charge in [0.2, 0.25) is 0 Å². The minimum atomic E-state index is -0.949. The van der Waals surface area contributed by atoms with Crippen molar-refractivity contribution in [3.63, 3.8) is 0 Å². The van der Waals surface area contributed by atoms with E-state index in [1.807, 2.05) is 0 Å². The summed E-state index contributed by atoms with van der Waals surface area (Å²) in [7, 11) is 0. The highest BCUT2D eigenvalue weighted by molar-refractivity contribution is 5.81. The maximum atomic E-state index is 11.5. The fraction of sp³-hybridized carbons (Fsp3) is 0.812. The topological polar surface area (TPSA) is 83.5 Å². The number of hydrogen-bond donors (Lipinski definition) is 1. The average molecular weight is 330 g/mol. The quantitative estimate of drug-likeness (QED) is 0.598. The molecule has 7 heteroatoms. The van der Waals surface area contributed by atoms with Gasteiger partial charge in [-0.15, -0.1) is 0 Å². The second-order valence-electron chi connectivity index (χ2n) is 6.53. The predicted molar refractivity (Wildman–Crippen MR) is 80.5 cm³/mol. The summed E-state index contributed by atoms with van der Waals surface area (Å²) in [5.41, 5.74) is 0. The lowest BCUT2D eigenvalue weighted by Gasteiger charge is -2.26. The number of esters is 1. The minimum Gasteiger partial charge on any atom is -0.463 e. The van der Waals surface area contributed by atoms with Gasteiger partial charge in [0.15, 0.2) is 11.6 Å². The van der Waals surface area contributed by atoms with Gasteiger partial charge < -0.3 is 28.8 Å². The van der Waals surface area contributed by atoms with Gasteiger partial charge >= 0.3 is 5.97 Å². The SMILES string of the molecule is CCOC(=O)/C=C\[C@@H]1OC(C)(C)O[C@H]1[C@H](O)[C@@H]1COC(C)(C)O1. The molecule has 0 amide bonds. The van der Waals surface area contributed by atoms with Crippen molar-refractivity contribution < 1.29 is 33.6 Å². The first-order valence-corrected chi connectivity index (χ1v) is 7.84. The first-order valence-electron chi connectivity index (χ1n) is 7.84. The van der Waals surface area contributed by atoms with Gasteiger partial charge in [0.05, 0.1) is 13.2 Å². The van der Waals surface area contributed by atoms with E-state index in [1.165, 1.54) is 6.08 Å². The lowest BCUT2D eigenvalue weighted by Crippen LogP contribution is -2.44. The van der Waals surface area contributed by atoms with Crippen LogP contribution in [0.3, 0.4) is 0 Å². The lowest BCUT2D eigenvalue weighted by molar-refractivity contribution is -0.178. The van der Waals surface area contributed by atoms with Crippen molar-refractivity contribution in [1.82, 2.24) is 0 Å². The Hall–Kier alpha value is -0.990. The Bertz CT molecular complexity index is 457. The molecular formula is C16H26O7. The van der Waals surface area contributed by atoms with E-state index >= 15 is 0 Å². The molecule has 0 aliphatic carbocycles. The highest BCUT2D eigenvalue weighted by Gasteiger charge is 2.49. The monoisotopic (exact) mass is 330 g/mol. The molecule has 0 aromatic rings. The van der Waals surface area contributed by atoms with Crippen LogP contribution >= 0.6 is 0 Å². The van der Waals surface area contributed by atoms with Gasteiger partial charge in [-0.25, -0.2) is 4.79 Å². The third-order valence-electron chi connectivity index (χ3n) is 3.62. The van der Waals surface area contributed by atoms with Gasteiger partial charge in [0, 0.05) is 6.08 Å². The van der Waals surface area contributed by atoms with Crippen molar-refractivity contribution in [3.8, 4) is 0 Å². The second-order valence-corrected chi connectivity index (χ2v) is 6.53. The Kier molecular flexibility index (Phi) is 5.48. The fourth-order valence-corrected chi connectivity index (χ4v) is 2.69. The van der Waals surface area contributed by atoms with Crippen molar-refractivity contribution in [2.45, 2.75) is 70.6 Å². The zero-order valence-corrected chi connectivity index (χ0v) is 14.3. The van der Waals surface area contributed by atoms with Crippen molar-refractivity contribution in [2.24, 2.45) is 0 Å². The third-order valence-corrected chi connectivity index (χ3v) is 3.62. The molecule has 7 nitrogen and oxygen atoms in total. The van der Waals surface area contributed by atoms with Crippen LogP contribution in [0.1, 0.15) is 34.6 Å². The first-order chi connectivity index (χ1) is 10.6. The highest BCUT2D eigenvalue weighted by atomic mass is 16.8. The summed E-state index contributed by atoms with van der Waals surface area (Å²) in [5.74, 6) is -2.07. The van der Waals surface area contributed by atoms with Crippen molar-refractivity contribution in [3.05, 3.63) is 12.2 Å². The van der Waals surface area contributed by atoms with E-state index < -0.39 is 42.0 Å². The molecule has 2 fully saturated rings. The summed E-state index contributed by atoms with van der Waals surface area (Å²) in [6.07, 6.45) is 0.104. The Morgan fingerprint density at radius 3 is 2.52 bits per heavy atom. The highest BCUT2D eigenvalue weighted by Crippen LogP contribution is 2.34. The third kappa shape index (κ3) is 4.74. The van der Waals surface area contributed by atoms with Crippen LogP contribution in [0.2, 0.25) is 0 Å². The van der Waals surface area contributed by atoms with Crippen LogP contribution in [0.5, 0.6) is 0 Å². The van der Waals surface area contributed by atoms with Gasteiger partial charge in [-0.05, 0) is 40.7 Å². The van der Waals surface area contributed by atoms with Gasteiger partial charge in [0.25, 0.3) is 0 Å². The molecule has 1 N–H and O–H groups in total. The van der Waals surface area contributed by atoms with E-state index in [4.69, 9.17) is 23.7 Å². The summed E-state index contributed by atoms with van der Waals surface area (Å²) >= 11 is 0. The summed E-state index contributed by atoms with van der Waals surface area (Å²) in [6, 6.07) is 0. The van der Waals surface area contributed by atoms with Crippen molar-refractivity contribution >= 4 is 5.97 Å². The Morgan fingerprint density at radius 1 is 1.26 bits per heavy atom. The Balaban J connectivity index is 2.06. The van der Waals surface area contributed by atoms with Crippen molar-refractivity contribution in [2.75, 3.05) is 13.2 Å². The molecule has 2 heterocycles. The molecule has 0 spiro atoms. The number of aliphatic hydroxyl groups is 1. The molecule has 0 unspecified atom stereocenters. The van der Waals surface area contributed by atoms with Crippen LogP contribution in [-0.4, -0.2) is 60.3 Å². The van der Waals surface area contributed by atoms with Crippen LogP contribution < -0.4 is 0 Å². The van der Waals surface area contributed by atoms with E-state index in [0.717, 1.165) is 0 Å². The number of ether oxygens (including phenoxy) is 5. The number of carbonyl (C=O) groups excluding carboxylic acids is 1. The van der Waals surface area contributed by atoms with E-state index in [9.17, 15) is 9.90 Å². The minimum absolute atomic E-state index is 0.267. The van der Waals surface area contributed by atoms with Gasteiger partial charge in [-0.2, -0.15) is 0 Å². The largest absolute Gasteiger partial charge is 0.463 e. The molecule has 2 aliphatic rings. The molecule has 0 bridgehead atoms. The Morgan fingerprint density at radius 2 is 1.96 bits per heavy atom. The lowest BCUT2D eigenvalue weighted by atomic mass is 10.0. The number of hydrogen-bond acceptors (Lipinski definition) is 7. The molecule has 4 atom stereocenters. The average Bonchev–Trinajstić information content (AvgIpc) is 2.95. The zero-order valence-electron chi connectivity index (χ0n) is 14.3. The van der Waals surface area contributed by atoms with E-state index in [0.29, 0.717) is 6.61 Å². The van der Waals surface area contributed by atoms with Gasteiger partial charge in [-0.3, -0.25) is 0 Å². The van der Waals surface area contributed by atoms with E-state index in [-0.39, 0.29) is 6.61 Å². The molecule has 0 aromatic carbocycles. The number of rotatable bonds is 5. The smallest absolute Gasteiger partial charge is 0.330 e. The molecule has 132 valence electrons. The standard InChI is InChI=1S/C16H26O7/c1-6-19-12(17)8-7-10-14(23-16(4,5)21-10)13(18)11-9-20-15(2,3)22-11/h7-8,10-11,13-14,18H,6,9H2,1-5H3/b8-7-/t10-,11-,13+,14+/m0/s1. The van der Waals surface area contributed by atoms with Crippen LogP contribution in [-0.2, 0) is 28.5 Å². The van der Waals surface area contributed by atoms with Crippen LogP contribution in [0.4, 0.5) is 0 Å². The molecular weight excluding hydrogens is 304 g/mol. The molecule has 2 saturated heterocycles. The van der Waals surface area contributed by atoms with E-state index in [2.05, 4.69) is 0 Å². The maximum Gasteiger partial charge on any atom is 0.330 e. The summed E-state index contributed by atoms with van der Waals surface area (Å²) < 4.78 is 27.5. The second kappa shape index (κ2) is 6.86.